The van der Waals surface area contributed by atoms with Crippen molar-refractivity contribution in [1.29, 1.82) is 0 Å². The van der Waals surface area contributed by atoms with E-state index < -0.39 is 12.0 Å². The maximum atomic E-state index is 12.3. The van der Waals surface area contributed by atoms with Crippen LogP contribution >= 0.6 is 11.8 Å². The van der Waals surface area contributed by atoms with E-state index in [0.29, 0.717) is 18.8 Å². The van der Waals surface area contributed by atoms with Gasteiger partial charge in [0.15, 0.2) is 0 Å². The molecule has 0 spiro atoms. The van der Waals surface area contributed by atoms with E-state index in [1.165, 1.54) is 16.7 Å². The predicted octanol–water partition coefficient (Wildman–Crippen LogP) is 1.08. The van der Waals surface area contributed by atoms with Crippen LogP contribution < -0.4 is 5.32 Å². The standard InChI is InChI=1S/C13H20N4O3S/c1-9(2)11-17(10(7-21-11)12(18)19)13(20)15-4-6-16-5-3-14-8-16/h3,5,8-11H,4,6-7H2,1-2H3,(H,15,20)(H,18,19). The van der Waals surface area contributed by atoms with E-state index in [4.69, 9.17) is 0 Å². The molecule has 1 aliphatic heterocycles. The van der Waals surface area contributed by atoms with Crippen LogP contribution in [0.5, 0.6) is 0 Å². The second-order valence-corrected chi connectivity index (χ2v) is 6.41. The number of imidazole rings is 1. The molecule has 21 heavy (non-hydrogen) atoms. The van der Waals surface area contributed by atoms with Crippen LogP contribution in [0.1, 0.15) is 13.8 Å². The SMILES string of the molecule is CC(C)C1SCC(C(=O)O)N1C(=O)NCCn1ccnc1. The molecule has 2 atom stereocenters. The molecule has 7 nitrogen and oxygen atoms in total. The zero-order valence-corrected chi connectivity index (χ0v) is 12.9. The van der Waals surface area contributed by atoms with Gasteiger partial charge >= 0.3 is 12.0 Å². The largest absolute Gasteiger partial charge is 0.480 e. The average molecular weight is 312 g/mol. The summed E-state index contributed by atoms with van der Waals surface area (Å²) in [7, 11) is 0. The number of thioether (sulfide) groups is 1. The van der Waals surface area contributed by atoms with Gasteiger partial charge in [-0.25, -0.2) is 14.6 Å². The zero-order valence-electron chi connectivity index (χ0n) is 12.1. The molecule has 1 fully saturated rings. The molecule has 2 amide bonds. The van der Waals surface area contributed by atoms with Crippen molar-refractivity contribution in [2.45, 2.75) is 31.8 Å². The number of hydrogen-bond donors (Lipinski definition) is 2. The van der Waals surface area contributed by atoms with Crippen LogP contribution in [0, 0.1) is 5.92 Å². The van der Waals surface area contributed by atoms with E-state index in [9.17, 15) is 14.7 Å². The normalized spacial score (nSPS) is 21.8. The van der Waals surface area contributed by atoms with Crippen molar-refractivity contribution < 1.29 is 14.7 Å². The molecule has 116 valence electrons. The van der Waals surface area contributed by atoms with Crippen LogP contribution in [0.4, 0.5) is 4.79 Å². The molecule has 1 aromatic heterocycles. The number of urea groups is 1. The van der Waals surface area contributed by atoms with Gasteiger partial charge in [0, 0.05) is 31.2 Å². The summed E-state index contributed by atoms with van der Waals surface area (Å²) in [6.07, 6.45) is 5.16. The molecule has 0 aliphatic carbocycles. The van der Waals surface area contributed by atoms with Gasteiger partial charge in [-0.3, -0.25) is 4.90 Å². The van der Waals surface area contributed by atoms with Crippen LogP contribution in [-0.4, -0.2) is 55.3 Å². The van der Waals surface area contributed by atoms with Gasteiger partial charge in [-0.1, -0.05) is 13.8 Å². The highest BCUT2D eigenvalue weighted by molar-refractivity contribution is 8.00. The number of hydrogen-bond acceptors (Lipinski definition) is 4. The van der Waals surface area contributed by atoms with Crippen molar-refractivity contribution in [1.82, 2.24) is 19.8 Å². The second kappa shape index (κ2) is 6.84. The van der Waals surface area contributed by atoms with Gasteiger partial charge in [0.05, 0.1) is 11.7 Å². The first-order chi connectivity index (χ1) is 10.0. The first-order valence-electron chi connectivity index (χ1n) is 6.87. The molecule has 2 unspecified atom stereocenters. The van der Waals surface area contributed by atoms with Gasteiger partial charge < -0.3 is 15.0 Å². The van der Waals surface area contributed by atoms with Gasteiger partial charge in [0.25, 0.3) is 0 Å². The summed E-state index contributed by atoms with van der Waals surface area (Å²) in [5.74, 6) is -0.304. The van der Waals surface area contributed by atoms with Crippen molar-refractivity contribution in [3.05, 3.63) is 18.7 Å². The van der Waals surface area contributed by atoms with Crippen LogP contribution in [0.25, 0.3) is 0 Å². The highest BCUT2D eigenvalue weighted by atomic mass is 32.2. The molecular weight excluding hydrogens is 292 g/mol. The first kappa shape index (κ1) is 15.7. The van der Waals surface area contributed by atoms with E-state index in [2.05, 4.69) is 10.3 Å². The minimum absolute atomic E-state index is 0.0978. The summed E-state index contributed by atoms with van der Waals surface area (Å²) < 4.78 is 1.85. The van der Waals surface area contributed by atoms with Gasteiger partial charge in [0.2, 0.25) is 0 Å². The molecule has 8 heteroatoms. The first-order valence-corrected chi connectivity index (χ1v) is 7.92. The Morgan fingerprint density at radius 1 is 1.52 bits per heavy atom. The lowest BCUT2D eigenvalue weighted by Gasteiger charge is -2.29. The molecule has 0 radical (unpaired) electrons. The fourth-order valence-corrected chi connectivity index (χ4v) is 3.76. The molecule has 1 aliphatic rings. The molecule has 2 N–H and O–H groups in total. The third-order valence-electron chi connectivity index (χ3n) is 3.33. The van der Waals surface area contributed by atoms with Crippen molar-refractivity contribution >= 4 is 23.8 Å². The van der Waals surface area contributed by atoms with Crippen LogP contribution in [-0.2, 0) is 11.3 Å². The Kier molecular flexibility index (Phi) is 5.11. The van der Waals surface area contributed by atoms with E-state index in [1.807, 2.05) is 24.6 Å². The van der Waals surface area contributed by atoms with Crippen LogP contribution in [0.2, 0.25) is 0 Å². The lowest BCUT2D eigenvalue weighted by atomic mass is 10.2. The topological polar surface area (TPSA) is 87.5 Å². The quantitative estimate of drug-likeness (QED) is 0.849. The van der Waals surface area contributed by atoms with E-state index in [1.54, 1.807) is 12.5 Å². The Balaban J connectivity index is 1.94. The zero-order chi connectivity index (χ0) is 15.4. The minimum Gasteiger partial charge on any atom is -0.480 e. The number of rotatable bonds is 5. The number of nitrogens with one attached hydrogen (secondary N) is 1. The number of carbonyl (C=O) groups is 2. The average Bonchev–Trinajstić information content (AvgIpc) is 3.07. The van der Waals surface area contributed by atoms with E-state index in [0.717, 1.165) is 0 Å². The summed E-state index contributed by atoms with van der Waals surface area (Å²) in [6, 6.07) is -1.07. The van der Waals surface area contributed by atoms with Crippen molar-refractivity contribution in [2.75, 3.05) is 12.3 Å². The molecule has 0 saturated carbocycles. The second-order valence-electron chi connectivity index (χ2n) is 5.26. The van der Waals surface area contributed by atoms with Gasteiger partial charge in [-0.05, 0) is 5.92 Å². The summed E-state index contributed by atoms with van der Waals surface area (Å²) in [6.45, 7) is 5.03. The van der Waals surface area contributed by atoms with Crippen molar-refractivity contribution in [3.63, 3.8) is 0 Å². The Morgan fingerprint density at radius 2 is 2.29 bits per heavy atom. The Bertz CT molecular complexity index is 492. The Labute approximate surface area is 127 Å². The van der Waals surface area contributed by atoms with Crippen LogP contribution in [0.3, 0.4) is 0 Å². The molecule has 2 rings (SSSR count). The maximum Gasteiger partial charge on any atom is 0.327 e. The van der Waals surface area contributed by atoms with E-state index in [-0.39, 0.29) is 17.3 Å². The third kappa shape index (κ3) is 3.69. The molecular formula is C13H20N4O3S. The van der Waals surface area contributed by atoms with Crippen molar-refractivity contribution in [2.24, 2.45) is 5.92 Å². The number of aliphatic carboxylic acids is 1. The van der Waals surface area contributed by atoms with E-state index >= 15 is 0 Å². The molecule has 1 aromatic rings. The molecule has 0 bridgehead atoms. The summed E-state index contributed by atoms with van der Waals surface area (Å²) in [5.41, 5.74) is 0. The van der Waals surface area contributed by atoms with Gasteiger partial charge in [-0.15, -0.1) is 11.8 Å². The lowest BCUT2D eigenvalue weighted by Crippen LogP contribution is -2.51. The summed E-state index contributed by atoms with van der Waals surface area (Å²) in [4.78, 5) is 29.0. The fraction of sp³-hybridized carbons (Fsp3) is 0.615. The summed E-state index contributed by atoms with van der Waals surface area (Å²) in [5, 5.41) is 12.0. The molecule has 0 aromatic carbocycles. The monoisotopic (exact) mass is 312 g/mol. The molecule has 2 heterocycles. The van der Waals surface area contributed by atoms with Gasteiger partial charge in [-0.2, -0.15) is 0 Å². The Hall–Kier alpha value is -1.70. The summed E-state index contributed by atoms with van der Waals surface area (Å²) >= 11 is 1.52. The van der Waals surface area contributed by atoms with Crippen molar-refractivity contribution in [3.8, 4) is 0 Å². The number of carbonyl (C=O) groups excluding carboxylic acids is 1. The minimum atomic E-state index is -0.949. The third-order valence-corrected chi connectivity index (χ3v) is 4.95. The number of carboxylic acids is 1. The number of carboxylic acid groups (broad SMARTS) is 1. The smallest absolute Gasteiger partial charge is 0.327 e. The molecule has 1 saturated heterocycles. The highest BCUT2D eigenvalue weighted by Crippen LogP contribution is 2.33. The predicted molar refractivity (Wildman–Crippen MR) is 80.0 cm³/mol. The number of aromatic nitrogens is 2. The Morgan fingerprint density at radius 3 is 2.86 bits per heavy atom. The number of nitrogens with zero attached hydrogens (tertiary/aromatic N) is 3. The lowest BCUT2D eigenvalue weighted by molar-refractivity contribution is -0.141. The van der Waals surface area contributed by atoms with Crippen LogP contribution in [0.15, 0.2) is 18.7 Å². The number of amides is 2. The maximum absolute atomic E-state index is 12.3. The van der Waals surface area contributed by atoms with Gasteiger partial charge in [0.1, 0.15) is 6.04 Å². The highest BCUT2D eigenvalue weighted by Gasteiger charge is 2.42. The fourth-order valence-electron chi connectivity index (χ4n) is 2.29.